The van der Waals surface area contributed by atoms with Crippen molar-refractivity contribution >= 4 is 5.91 Å². The standard InChI is InChI=1S/C21H25FN2O2/c1-26-20-8-5-16(6-9-20)15-24-19(7-10-21(24)25)11-12-23-14-17-3-2-4-18(22)13-17/h2-6,8-9,13,19,23H,7,10-12,14-15H2,1H3. The fourth-order valence-electron chi connectivity index (χ4n) is 3.39. The van der Waals surface area contributed by atoms with Crippen LogP contribution in [0.4, 0.5) is 4.39 Å². The number of methoxy groups -OCH3 is 1. The van der Waals surface area contributed by atoms with Crippen LogP contribution in [0.25, 0.3) is 0 Å². The highest BCUT2D eigenvalue weighted by atomic mass is 19.1. The number of hydrogen-bond donors (Lipinski definition) is 1. The normalized spacial score (nSPS) is 16.9. The van der Waals surface area contributed by atoms with Crippen LogP contribution >= 0.6 is 0 Å². The molecule has 2 aromatic rings. The quantitative estimate of drug-likeness (QED) is 0.736. The molecule has 0 saturated carbocycles. The third-order valence-electron chi connectivity index (χ3n) is 4.84. The molecule has 0 spiro atoms. The van der Waals surface area contributed by atoms with Crippen LogP contribution < -0.4 is 10.1 Å². The molecule has 4 nitrogen and oxygen atoms in total. The number of nitrogens with zero attached hydrogens (tertiary/aromatic N) is 1. The van der Waals surface area contributed by atoms with Gasteiger partial charge >= 0.3 is 0 Å². The average molecular weight is 356 g/mol. The first-order valence-corrected chi connectivity index (χ1v) is 9.03. The SMILES string of the molecule is COc1ccc(CN2C(=O)CCC2CCNCc2cccc(F)c2)cc1. The Labute approximate surface area is 154 Å². The van der Waals surface area contributed by atoms with E-state index in [1.165, 1.54) is 6.07 Å². The minimum Gasteiger partial charge on any atom is -0.497 e. The highest BCUT2D eigenvalue weighted by Gasteiger charge is 2.30. The Kier molecular flexibility index (Phi) is 6.23. The lowest BCUT2D eigenvalue weighted by Crippen LogP contribution is -2.34. The van der Waals surface area contributed by atoms with Crippen molar-refractivity contribution in [3.63, 3.8) is 0 Å². The number of benzene rings is 2. The van der Waals surface area contributed by atoms with Gasteiger partial charge in [-0.15, -0.1) is 0 Å². The number of amides is 1. The average Bonchev–Trinajstić information content (AvgIpc) is 2.99. The number of carbonyl (C=O) groups excluding carboxylic acids is 1. The van der Waals surface area contributed by atoms with Crippen LogP contribution in [-0.4, -0.2) is 30.5 Å². The second-order valence-corrected chi connectivity index (χ2v) is 6.66. The van der Waals surface area contributed by atoms with Gasteiger partial charge in [-0.25, -0.2) is 4.39 Å². The summed E-state index contributed by atoms with van der Waals surface area (Å²) in [5.74, 6) is 0.826. The van der Waals surface area contributed by atoms with Crippen LogP contribution in [0.5, 0.6) is 5.75 Å². The molecule has 1 saturated heterocycles. The maximum absolute atomic E-state index is 13.2. The molecule has 1 aliphatic rings. The molecule has 1 amide bonds. The van der Waals surface area contributed by atoms with Crippen molar-refractivity contribution < 1.29 is 13.9 Å². The lowest BCUT2D eigenvalue weighted by Gasteiger charge is -2.25. The topological polar surface area (TPSA) is 41.6 Å². The molecule has 1 aliphatic heterocycles. The number of halogens is 1. The number of carbonyl (C=O) groups is 1. The largest absolute Gasteiger partial charge is 0.497 e. The van der Waals surface area contributed by atoms with Crippen LogP contribution in [0, 0.1) is 5.82 Å². The van der Waals surface area contributed by atoms with Gasteiger partial charge in [0.05, 0.1) is 7.11 Å². The van der Waals surface area contributed by atoms with Crippen molar-refractivity contribution in [1.82, 2.24) is 10.2 Å². The van der Waals surface area contributed by atoms with Gasteiger partial charge < -0.3 is 15.0 Å². The summed E-state index contributed by atoms with van der Waals surface area (Å²) >= 11 is 0. The summed E-state index contributed by atoms with van der Waals surface area (Å²) in [6.07, 6.45) is 2.42. The molecule has 1 fully saturated rings. The zero-order valence-corrected chi connectivity index (χ0v) is 15.1. The minimum atomic E-state index is -0.212. The Morgan fingerprint density at radius 1 is 1.19 bits per heavy atom. The summed E-state index contributed by atoms with van der Waals surface area (Å²) in [6.45, 7) is 2.07. The van der Waals surface area contributed by atoms with E-state index in [0.717, 1.165) is 36.3 Å². The van der Waals surface area contributed by atoms with Gasteiger partial charge in [-0.3, -0.25) is 4.79 Å². The van der Waals surface area contributed by atoms with Crippen molar-refractivity contribution in [3.05, 3.63) is 65.5 Å². The van der Waals surface area contributed by atoms with Crippen molar-refractivity contribution in [2.45, 2.75) is 38.4 Å². The molecule has 26 heavy (non-hydrogen) atoms. The fraction of sp³-hybridized carbons (Fsp3) is 0.381. The highest BCUT2D eigenvalue weighted by Crippen LogP contribution is 2.24. The van der Waals surface area contributed by atoms with Gasteiger partial charge in [0.15, 0.2) is 0 Å². The zero-order valence-electron chi connectivity index (χ0n) is 15.1. The molecule has 138 valence electrons. The number of likely N-dealkylation sites (tertiary alicyclic amines) is 1. The van der Waals surface area contributed by atoms with E-state index in [4.69, 9.17) is 4.74 Å². The van der Waals surface area contributed by atoms with Gasteiger partial charge in [-0.2, -0.15) is 0 Å². The molecule has 3 rings (SSSR count). The first kappa shape index (κ1) is 18.4. The Balaban J connectivity index is 1.49. The molecule has 1 N–H and O–H groups in total. The summed E-state index contributed by atoms with van der Waals surface area (Å²) in [5.41, 5.74) is 2.04. The maximum Gasteiger partial charge on any atom is 0.223 e. The van der Waals surface area contributed by atoms with Crippen LogP contribution in [0.3, 0.4) is 0 Å². The Bertz CT molecular complexity index is 733. The third kappa shape index (κ3) is 4.82. The van der Waals surface area contributed by atoms with E-state index < -0.39 is 0 Å². The van der Waals surface area contributed by atoms with Crippen LogP contribution in [0.2, 0.25) is 0 Å². The van der Waals surface area contributed by atoms with Gasteiger partial charge in [0.2, 0.25) is 5.91 Å². The van der Waals surface area contributed by atoms with Crippen molar-refractivity contribution in [2.24, 2.45) is 0 Å². The summed E-state index contributed by atoms with van der Waals surface area (Å²) in [4.78, 5) is 14.2. The van der Waals surface area contributed by atoms with E-state index in [1.54, 1.807) is 19.2 Å². The van der Waals surface area contributed by atoms with E-state index >= 15 is 0 Å². The molecule has 5 heteroatoms. The van der Waals surface area contributed by atoms with Crippen LogP contribution in [0.15, 0.2) is 48.5 Å². The van der Waals surface area contributed by atoms with Crippen molar-refractivity contribution in [2.75, 3.05) is 13.7 Å². The van der Waals surface area contributed by atoms with E-state index in [2.05, 4.69) is 5.32 Å². The van der Waals surface area contributed by atoms with Gasteiger partial charge in [0.25, 0.3) is 0 Å². The number of hydrogen-bond acceptors (Lipinski definition) is 3. The van der Waals surface area contributed by atoms with Gasteiger partial charge in [-0.05, 0) is 54.8 Å². The summed E-state index contributed by atoms with van der Waals surface area (Å²) in [5, 5.41) is 3.35. The third-order valence-corrected chi connectivity index (χ3v) is 4.84. The summed E-state index contributed by atoms with van der Waals surface area (Å²) < 4.78 is 18.4. The van der Waals surface area contributed by atoms with E-state index in [0.29, 0.717) is 19.5 Å². The molecule has 0 radical (unpaired) electrons. The van der Waals surface area contributed by atoms with Crippen molar-refractivity contribution in [3.8, 4) is 5.75 Å². The second-order valence-electron chi connectivity index (χ2n) is 6.66. The Hall–Kier alpha value is -2.40. The van der Waals surface area contributed by atoms with Gasteiger partial charge in [-0.1, -0.05) is 24.3 Å². The second kappa shape index (κ2) is 8.81. The molecule has 0 aromatic heterocycles. The first-order valence-electron chi connectivity index (χ1n) is 9.03. The Morgan fingerprint density at radius 2 is 2.00 bits per heavy atom. The summed E-state index contributed by atoms with van der Waals surface area (Å²) in [7, 11) is 1.64. The van der Waals surface area contributed by atoms with Crippen molar-refractivity contribution in [1.29, 1.82) is 0 Å². The first-order chi connectivity index (χ1) is 12.7. The molecule has 0 aliphatic carbocycles. The molecular weight excluding hydrogens is 331 g/mol. The number of ether oxygens (including phenoxy) is 1. The molecule has 1 unspecified atom stereocenters. The van der Waals surface area contributed by atoms with E-state index in [9.17, 15) is 9.18 Å². The number of rotatable bonds is 8. The van der Waals surface area contributed by atoms with Crippen LogP contribution in [-0.2, 0) is 17.9 Å². The number of nitrogens with one attached hydrogen (secondary N) is 1. The van der Waals surface area contributed by atoms with E-state index in [-0.39, 0.29) is 17.8 Å². The lowest BCUT2D eigenvalue weighted by molar-refractivity contribution is -0.129. The lowest BCUT2D eigenvalue weighted by atomic mass is 10.1. The smallest absolute Gasteiger partial charge is 0.223 e. The zero-order chi connectivity index (χ0) is 18.4. The predicted octanol–water partition coefficient (Wildman–Crippen LogP) is 3.51. The minimum absolute atomic E-state index is 0.212. The molecular formula is C21H25FN2O2. The highest BCUT2D eigenvalue weighted by molar-refractivity contribution is 5.78. The summed E-state index contributed by atoms with van der Waals surface area (Å²) in [6, 6.07) is 14.7. The van der Waals surface area contributed by atoms with Gasteiger partial charge in [0, 0.05) is 25.6 Å². The van der Waals surface area contributed by atoms with Gasteiger partial charge in [0.1, 0.15) is 11.6 Å². The molecule has 1 atom stereocenters. The maximum atomic E-state index is 13.2. The Morgan fingerprint density at radius 3 is 2.73 bits per heavy atom. The fourth-order valence-corrected chi connectivity index (χ4v) is 3.39. The van der Waals surface area contributed by atoms with E-state index in [1.807, 2.05) is 35.2 Å². The monoisotopic (exact) mass is 356 g/mol. The van der Waals surface area contributed by atoms with Crippen LogP contribution in [0.1, 0.15) is 30.4 Å². The molecule has 2 aromatic carbocycles. The predicted molar refractivity (Wildman–Crippen MR) is 99.3 cm³/mol. The molecule has 0 bridgehead atoms. The molecule has 1 heterocycles.